The molecule has 0 spiro atoms. The molecule has 26 heavy (non-hydrogen) atoms. The van der Waals surface area contributed by atoms with Gasteiger partial charge in [0.2, 0.25) is 0 Å². The van der Waals surface area contributed by atoms with Gasteiger partial charge in [0.05, 0.1) is 6.16 Å². The van der Waals surface area contributed by atoms with E-state index in [1.165, 1.54) is 34.9 Å². The van der Waals surface area contributed by atoms with Gasteiger partial charge in [0.25, 0.3) is 0 Å². The van der Waals surface area contributed by atoms with E-state index in [0.29, 0.717) is 0 Å². The van der Waals surface area contributed by atoms with Gasteiger partial charge in [-0.25, -0.2) is 0 Å². The maximum absolute atomic E-state index is 2.33. The van der Waals surface area contributed by atoms with Crippen LogP contribution in [0.25, 0.3) is 0 Å². The Bertz CT molecular complexity index is 672. The Balaban J connectivity index is 2.09. The molecular weight excluding hydrogens is 333 g/mol. The molecular formula is C24H29NP+. The SMILES string of the molecule is CN(C)CCCC[P+](c1ccccc1)(c1ccccc1)c1ccccc1. The molecule has 0 heterocycles. The maximum atomic E-state index is 2.33. The summed E-state index contributed by atoms with van der Waals surface area (Å²) < 4.78 is 0. The zero-order chi connectivity index (χ0) is 18.2. The fourth-order valence-electron chi connectivity index (χ4n) is 3.66. The van der Waals surface area contributed by atoms with Gasteiger partial charge in [-0.1, -0.05) is 54.6 Å². The first-order chi connectivity index (χ1) is 12.7. The van der Waals surface area contributed by atoms with Gasteiger partial charge in [0.1, 0.15) is 23.2 Å². The van der Waals surface area contributed by atoms with Gasteiger partial charge in [0, 0.05) is 0 Å². The first-order valence-corrected chi connectivity index (χ1v) is 11.4. The molecule has 0 bridgehead atoms. The van der Waals surface area contributed by atoms with Crippen molar-refractivity contribution >= 4 is 23.2 Å². The predicted octanol–water partition coefficient (Wildman–Crippen LogP) is 4.32. The van der Waals surface area contributed by atoms with Crippen molar-refractivity contribution in [3.05, 3.63) is 91.0 Å². The molecule has 3 aromatic rings. The zero-order valence-corrected chi connectivity index (χ0v) is 16.8. The van der Waals surface area contributed by atoms with Crippen LogP contribution >= 0.6 is 7.26 Å². The van der Waals surface area contributed by atoms with E-state index in [2.05, 4.69) is 110 Å². The van der Waals surface area contributed by atoms with Gasteiger partial charge in [-0.3, -0.25) is 0 Å². The Morgan fingerprint density at radius 1 is 0.577 bits per heavy atom. The average Bonchev–Trinajstić information content (AvgIpc) is 2.70. The first-order valence-electron chi connectivity index (χ1n) is 9.43. The normalized spacial score (nSPS) is 11.7. The Morgan fingerprint density at radius 3 is 1.31 bits per heavy atom. The van der Waals surface area contributed by atoms with Crippen LogP contribution in [0.4, 0.5) is 0 Å². The predicted molar refractivity (Wildman–Crippen MR) is 118 cm³/mol. The van der Waals surface area contributed by atoms with Crippen LogP contribution in [-0.2, 0) is 0 Å². The van der Waals surface area contributed by atoms with Crippen molar-refractivity contribution < 1.29 is 0 Å². The summed E-state index contributed by atoms with van der Waals surface area (Å²) in [4.78, 5) is 2.29. The van der Waals surface area contributed by atoms with Gasteiger partial charge in [-0.05, 0) is 69.9 Å². The minimum Gasteiger partial charge on any atom is -0.309 e. The lowest BCUT2D eigenvalue weighted by Crippen LogP contribution is -2.33. The maximum Gasteiger partial charge on any atom is 0.112 e. The van der Waals surface area contributed by atoms with E-state index in [9.17, 15) is 0 Å². The number of hydrogen-bond donors (Lipinski definition) is 0. The molecule has 0 aliphatic rings. The van der Waals surface area contributed by atoms with Crippen LogP contribution in [0.5, 0.6) is 0 Å². The summed E-state index contributed by atoms with van der Waals surface area (Å²) in [6, 6.07) is 33.5. The quantitative estimate of drug-likeness (QED) is 0.426. The fraction of sp³-hybridized carbons (Fsp3) is 0.250. The summed E-state index contributed by atoms with van der Waals surface area (Å²) in [5.41, 5.74) is 0. The van der Waals surface area contributed by atoms with E-state index in [4.69, 9.17) is 0 Å². The molecule has 134 valence electrons. The number of nitrogens with zero attached hydrogens (tertiary/aromatic N) is 1. The molecule has 0 amide bonds. The van der Waals surface area contributed by atoms with E-state index >= 15 is 0 Å². The van der Waals surface area contributed by atoms with Crippen LogP contribution in [0, 0.1) is 0 Å². The molecule has 3 aromatic carbocycles. The molecule has 0 radical (unpaired) electrons. The van der Waals surface area contributed by atoms with Gasteiger partial charge in [0.15, 0.2) is 0 Å². The Morgan fingerprint density at radius 2 is 0.962 bits per heavy atom. The number of benzene rings is 3. The lowest BCUT2D eigenvalue weighted by atomic mass is 10.3. The van der Waals surface area contributed by atoms with Crippen molar-refractivity contribution in [2.75, 3.05) is 26.8 Å². The molecule has 0 aliphatic carbocycles. The highest BCUT2D eigenvalue weighted by Gasteiger charge is 2.44. The third-order valence-corrected chi connectivity index (χ3v) is 9.47. The number of rotatable bonds is 8. The van der Waals surface area contributed by atoms with Gasteiger partial charge < -0.3 is 4.90 Å². The molecule has 0 atom stereocenters. The molecule has 0 saturated heterocycles. The molecule has 2 heteroatoms. The van der Waals surface area contributed by atoms with Gasteiger partial charge >= 0.3 is 0 Å². The van der Waals surface area contributed by atoms with Crippen molar-refractivity contribution in [3.63, 3.8) is 0 Å². The lowest BCUT2D eigenvalue weighted by molar-refractivity contribution is 0.398. The first kappa shape index (κ1) is 18.8. The Labute approximate surface area is 159 Å². The van der Waals surface area contributed by atoms with Crippen molar-refractivity contribution in [1.29, 1.82) is 0 Å². The van der Waals surface area contributed by atoms with Gasteiger partial charge in [-0.15, -0.1) is 0 Å². The van der Waals surface area contributed by atoms with Crippen LogP contribution in [0.15, 0.2) is 91.0 Å². The monoisotopic (exact) mass is 362 g/mol. The second-order valence-electron chi connectivity index (χ2n) is 7.05. The molecule has 3 rings (SSSR count). The third-order valence-electron chi connectivity index (χ3n) is 4.94. The van der Waals surface area contributed by atoms with Crippen molar-refractivity contribution in [2.45, 2.75) is 12.8 Å². The summed E-state index contributed by atoms with van der Waals surface area (Å²) >= 11 is 0. The minimum atomic E-state index is -1.63. The van der Waals surface area contributed by atoms with E-state index in [1.807, 2.05) is 0 Å². The summed E-state index contributed by atoms with van der Waals surface area (Å²) in [7, 11) is 2.69. The Kier molecular flexibility index (Phi) is 6.61. The molecule has 1 nitrogen and oxygen atoms in total. The second-order valence-corrected chi connectivity index (χ2v) is 10.7. The third kappa shape index (κ3) is 4.23. The standard InChI is InChI=1S/C24H29NP/c1-25(2)20-12-13-21-26(22-14-6-3-7-15-22,23-16-8-4-9-17-23)24-18-10-5-11-19-24/h3-11,14-19H,12-13,20-21H2,1-2H3/q+1. The molecule has 0 N–H and O–H groups in total. The fourth-order valence-corrected chi connectivity index (χ4v) is 8.07. The van der Waals surface area contributed by atoms with E-state index in [0.717, 1.165) is 6.54 Å². The van der Waals surface area contributed by atoms with Crippen LogP contribution in [-0.4, -0.2) is 31.7 Å². The largest absolute Gasteiger partial charge is 0.309 e. The van der Waals surface area contributed by atoms with Crippen molar-refractivity contribution in [2.24, 2.45) is 0 Å². The van der Waals surface area contributed by atoms with E-state index in [-0.39, 0.29) is 0 Å². The van der Waals surface area contributed by atoms with E-state index in [1.54, 1.807) is 0 Å². The number of unbranched alkanes of at least 4 members (excludes halogenated alkanes) is 1. The highest BCUT2D eigenvalue weighted by atomic mass is 31.2. The molecule has 0 aliphatic heterocycles. The van der Waals surface area contributed by atoms with Crippen molar-refractivity contribution in [3.8, 4) is 0 Å². The van der Waals surface area contributed by atoms with Crippen LogP contribution in [0.3, 0.4) is 0 Å². The van der Waals surface area contributed by atoms with E-state index < -0.39 is 7.26 Å². The minimum absolute atomic E-state index is 1.15. The van der Waals surface area contributed by atoms with Crippen LogP contribution < -0.4 is 15.9 Å². The smallest absolute Gasteiger partial charge is 0.112 e. The Hall–Kier alpha value is -1.95. The zero-order valence-electron chi connectivity index (χ0n) is 15.9. The highest BCUT2D eigenvalue weighted by molar-refractivity contribution is 7.95. The molecule has 0 unspecified atom stereocenters. The highest BCUT2D eigenvalue weighted by Crippen LogP contribution is 2.55. The summed E-state index contributed by atoms with van der Waals surface area (Å²) in [6.07, 6.45) is 3.70. The number of hydrogen-bond acceptors (Lipinski definition) is 1. The summed E-state index contributed by atoms with van der Waals surface area (Å²) in [5.74, 6) is 0. The van der Waals surface area contributed by atoms with Gasteiger partial charge in [-0.2, -0.15) is 0 Å². The summed E-state index contributed by atoms with van der Waals surface area (Å²) in [6.45, 7) is 1.15. The average molecular weight is 362 g/mol. The summed E-state index contributed by atoms with van der Waals surface area (Å²) in [5, 5.41) is 4.46. The second kappa shape index (κ2) is 9.12. The topological polar surface area (TPSA) is 3.24 Å². The molecule has 0 saturated carbocycles. The van der Waals surface area contributed by atoms with Crippen molar-refractivity contribution in [1.82, 2.24) is 4.90 Å². The molecule has 0 aromatic heterocycles. The van der Waals surface area contributed by atoms with Crippen LogP contribution in [0.2, 0.25) is 0 Å². The lowest BCUT2D eigenvalue weighted by Gasteiger charge is -2.28. The van der Waals surface area contributed by atoms with Crippen LogP contribution in [0.1, 0.15) is 12.8 Å². The molecule has 0 fully saturated rings.